The SMILES string of the molecule is CCOC(=O)CNc1ccccc1CCP(=O)(OCC)OCC. The summed E-state index contributed by atoms with van der Waals surface area (Å²) < 4.78 is 28.0. The van der Waals surface area contributed by atoms with Crippen LogP contribution in [0.15, 0.2) is 24.3 Å². The van der Waals surface area contributed by atoms with Crippen LogP contribution in [0, 0.1) is 0 Å². The maximum atomic E-state index is 12.5. The summed E-state index contributed by atoms with van der Waals surface area (Å²) in [5.41, 5.74) is 1.77. The molecule has 1 N–H and O–H groups in total. The van der Waals surface area contributed by atoms with Crippen LogP contribution in [-0.4, -0.2) is 38.5 Å². The van der Waals surface area contributed by atoms with Gasteiger partial charge in [0.1, 0.15) is 6.54 Å². The third-order valence-corrected chi connectivity index (χ3v) is 5.13. The molecule has 0 amide bonds. The van der Waals surface area contributed by atoms with Gasteiger partial charge in [-0.25, -0.2) is 0 Å². The molecule has 0 aromatic heterocycles. The Morgan fingerprint density at radius 2 is 1.74 bits per heavy atom. The first kappa shape index (κ1) is 19.7. The number of para-hydroxylation sites is 1. The van der Waals surface area contributed by atoms with Gasteiger partial charge in [0.2, 0.25) is 0 Å². The largest absolute Gasteiger partial charge is 0.465 e. The molecule has 6 nitrogen and oxygen atoms in total. The second-order valence-corrected chi connectivity index (χ2v) is 6.92. The van der Waals surface area contributed by atoms with Crippen molar-refractivity contribution in [2.75, 3.05) is 37.8 Å². The predicted molar refractivity (Wildman–Crippen MR) is 91.0 cm³/mol. The third-order valence-electron chi connectivity index (χ3n) is 3.05. The normalized spacial score (nSPS) is 11.3. The average molecular weight is 343 g/mol. The molecule has 0 atom stereocenters. The minimum atomic E-state index is -3.07. The van der Waals surface area contributed by atoms with Gasteiger partial charge in [0, 0.05) is 5.69 Å². The molecule has 0 spiro atoms. The molecule has 1 aromatic carbocycles. The Hall–Kier alpha value is -1.36. The van der Waals surface area contributed by atoms with Gasteiger partial charge in [0.05, 0.1) is 26.0 Å². The minimum absolute atomic E-state index is 0.0967. The Labute approximate surface area is 138 Å². The molecule has 0 fully saturated rings. The number of esters is 1. The summed E-state index contributed by atoms with van der Waals surface area (Å²) in [5, 5.41) is 3.05. The van der Waals surface area contributed by atoms with Gasteiger partial charge < -0.3 is 19.1 Å². The third kappa shape index (κ3) is 7.16. The Balaban J connectivity index is 2.69. The van der Waals surface area contributed by atoms with E-state index in [2.05, 4.69) is 5.32 Å². The van der Waals surface area contributed by atoms with Crippen molar-refractivity contribution < 1.29 is 23.1 Å². The first-order valence-corrected chi connectivity index (χ1v) is 9.63. The van der Waals surface area contributed by atoms with Gasteiger partial charge in [-0.1, -0.05) is 18.2 Å². The predicted octanol–water partition coefficient (Wildman–Crippen LogP) is 3.47. The molecular formula is C16H26NO5P. The van der Waals surface area contributed by atoms with Crippen LogP contribution in [-0.2, 0) is 29.6 Å². The highest BCUT2D eigenvalue weighted by Crippen LogP contribution is 2.48. The number of nitrogens with one attached hydrogen (secondary N) is 1. The molecule has 1 rings (SSSR count). The fourth-order valence-electron chi connectivity index (χ4n) is 2.11. The van der Waals surface area contributed by atoms with E-state index in [9.17, 15) is 9.36 Å². The molecule has 0 unspecified atom stereocenters. The molecule has 1 aromatic rings. The maximum Gasteiger partial charge on any atom is 0.330 e. The number of hydrogen-bond acceptors (Lipinski definition) is 6. The van der Waals surface area contributed by atoms with E-state index in [1.807, 2.05) is 24.3 Å². The summed E-state index contributed by atoms with van der Waals surface area (Å²) in [6, 6.07) is 7.58. The molecule has 23 heavy (non-hydrogen) atoms. The summed E-state index contributed by atoms with van der Waals surface area (Å²) in [4.78, 5) is 11.4. The van der Waals surface area contributed by atoms with E-state index in [4.69, 9.17) is 13.8 Å². The van der Waals surface area contributed by atoms with Crippen LogP contribution in [0.2, 0.25) is 0 Å². The molecule has 0 saturated heterocycles. The Bertz CT molecular complexity index is 525. The number of carbonyl (C=O) groups is 1. The van der Waals surface area contributed by atoms with Gasteiger partial charge >= 0.3 is 13.6 Å². The molecular weight excluding hydrogens is 317 g/mol. The Morgan fingerprint density at radius 1 is 1.09 bits per heavy atom. The summed E-state index contributed by atoms with van der Waals surface area (Å²) in [6.45, 7) is 6.50. The van der Waals surface area contributed by atoms with Crippen molar-refractivity contribution in [2.24, 2.45) is 0 Å². The lowest BCUT2D eigenvalue weighted by Crippen LogP contribution is -2.17. The molecule has 7 heteroatoms. The number of aryl methyl sites for hydroxylation is 1. The van der Waals surface area contributed by atoms with E-state index in [1.54, 1.807) is 20.8 Å². The lowest BCUT2D eigenvalue weighted by Gasteiger charge is -2.18. The molecule has 0 heterocycles. The van der Waals surface area contributed by atoms with Crippen molar-refractivity contribution in [1.82, 2.24) is 0 Å². The fourth-order valence-corrected chi connectivity index (χ4v) is 3.74. The van der Waals surface area contributed by atoms with Crippen LogP contribution in [0.5, 0.6) is 0 Å². The van der Waals surface area contributed by atoms with Crippen molar-refractivity contribution in [3.63, 3.8) is 0 Å². The number of anilines is 1. The smallest absolute Gasteiger partial charge is 0.330 e. The van der Waals surface area contributed by atoms with E-state index in [0.717, 1.165) is 11.3 Å². The number of ether oxygens (including phenoxy) is 1. The molecule has 0 aliphatic heterocycles. The van der Waals surface area contributed by atoms with Gasteiger partial charge in [-0.05, 0) is 38.8 Å². The lowest BCUT2D eigenvalue weighted by atomic mass is 10.1. The highest BCUT2D eigenvalue weighted by atomic mass is 31.2. The highest BCUT2D eigenvalue weighted by molar-refractivity contribution is 7.53. The zero-order chi connectivity index (χ0) is 17.1. The van der Waals surface area contributed by atoms with E-state index in [1.165, 1.54) is 0 Å². The van der Waals surface area contributed by atoms with Crippen LogP contribution in [0.3, 0.4) is 0 Å². The number of hydrogen-bond donors (Lipinski definition) is 1. The van der Waals surface area contributed by atoms with Crippen LogP contribution >= 0.6 is 7.60 Å². The van der Waals surface area contributed by atoms with Crippen LogP contribution in [0.4, 0.5) is 5.69 Å². The Kier molecular flexibility index (Phi) is 8.92. The number of rotatable bonds is 11. The van der Waals surface area contributed by atoms with Gasteiger partial charge in [0.15, 0.2) is 0 Å². The highest BCUT2D eigenvalue weighted by Gasteiger charge is 2.23. The van der Waals surface area contributed by atoms with Crippen LogP contribution < -0.4 is 5.32 Å². The van der Waals surface area contributed by atoms with Gasteiger partial charge in [-0.3, -0.25) is 9.36 Å². The van der Waals surface area contributed by atoms with Crippen molar-refractivity contribution in [1.29, 1.82) is 0 Å². The molecule has 0 saturated carbocycles. The molecule has 0 radical (unpaired) electrons. The van der Waals surface area contributed by atoms with Crippen molar-refractivity contribution in [3.05, 3.63) is 29.8 Å². The number of carbonyl (C=O) groups excluding carboxylic acids is 1. The fraction of sp³-hybridized carbons (Fsp3) is 0.562. The zero-order valence-corrected chi connectivity index (χ0v) is 14.9. The lowest BCUT2D eigenvalue weighted by molar-refractivity contribution is -0.140. The molecule has 130 valence electrons. The van der Waals surface area contributed by atoms with E-state index >= 15 is 0 Å². The van der Waals surface area contributed by atoms with E-state index in [0.29, 0.717) is 32.4 Å². The molecule has 0 bridgehead atoms. The average Bonchev–Trinajstić information content (AvgIpc) is 2.52. The van der Waals surface area contributed by atoms with Gasteiger partial charge in [-0.2, -0.15) is 0 Å². The van der Waals surface area contributed by atoms with Crippen molar-refractivity contribution in [2.45, 2.75) is 27.2 Å². The van der Waals surface area contributed by atoms with Gasteiger partial charge in [0.25, 0.3) is 0 Å². The van der Waals surface area contributed by atoms with E-state index in [-0.39, 0.29) is 12.5 Å². The molecule has 0 aliphatic rings. The summed E-state index contributed by atoms with van der Waals surface area (Å²) in [7, 11) is -3.07. The summed E-state index contributed by atoms with van der Waals surface area (Å²) in [6.07, 6.45) is 0.829. The summed E-state index contributed by atoms with van der Waals surface area (Å²) >= 11 is 0. The Morgan fingerprint density at radius 3 is 2.35 bits per heavy atom. The quantitative estimate of drug-likeness (QED) is 0.490. The second kappa shape index (κ2) is 10.4. The first-order valence-electron chi connectivity index (χ1n) is 7.90. The van der Waals surface area contributed by atoms with Crippen LogP contribution in [0.1, 0.15) is 26.3 Å². The maximum absolute atomic E-state index is 12.5. The van der Waals surface area contributed by atoms with E-state index < -0.39 is 7.60 Å². The first-order chi connectivity index (χ1) is 11.0. The molecule has 0 aliphatic carbocycles. The standard InChI is InChI=1S/C16H26NO5P/c1-4-20-16(18)13-17-15-10-8-7-9-14(15)11-12-23(19,21-5-2)22-6-3/h7-10,17H,4-6,11-13H2,1-3H3. The monoisotopic (exact) mass is 343 g/mol. The summed E-state index contributed by atoms with van der Waals surface area (Å²) in [5.74, 6) is -0.309. The second-order valence-electron chi connectivity index (χ2n) is 4.74. The topological polar surface area (TPSA) is 73.9 Å². The van der Waals surface area contributed by atoms with Crippen molar-refractivity contribution in [3.8, 4) is 0 Å². The minimum Gasteiger partial charge on any atom is -0.465 e. The van der Waals surface area contributed by atoms with Crippen molar-refractivity contribution >= 4 is 19.3 Å². The van der Waals surface area contributed by atoms with Gasteiger partial charge in [-0.15, -0.1) is 0 Å². The zero-order valence-electron chi connectivity index (χ0n) is 14.0. The van der Waals surface area contributed by atoms with Crippen LogP contribution in [0.25, 0.3) is 0 Å². The number of benzene rings is 1.